The average Bonchev–Trinajstić information content (AvgIpc) is 2.81. The molecule has 0 radical (unpaired) electrons. The molecule has 0 aromatic carbocycles. The van der Waals surface area contributed by atoms with Crippen LogP contribution in [0.2, 0.25) is 0 Å². The Morgan fingerprint density at radius 2 is 1.10 bits per heavy atom. The minimum atomic E-state index is 0.929. The van der Waals surface area contributed by atoms with E-state index in [1.807, 2.05) is 0 Å². The highest BCUT2D eigenvalue weighted by Gasteiger charge is 2.44. The molecule has 0 bridgehead atoms. The van der Waals surface area contributed by atoms with Crippen molar-refractivity contribution in [1.29, 1.82) is 0 Å². The third-order valence-electron chi connectivity index (χ3n) is 6.83. The smallest absolute Gasteiger partial charge is 0.0130 e. The van der Waals surface area contributed by atoms with Gasteiger partial charge in [0.25, 0.3) is 0 Å². The van der Waals surface area contributed by atoms with E-state index in [0.29, 0.717) is 0 Å². The average molecular weight is 292 g/mol. The maximum absolute atomic E-state index is 3.02. The van der Waals surface area contributed by atoms with Crippen LogP contribution in [0, 0.1) is 11.8 Å². The van der Waals surface area contributed by atoms with Gasteiger partial charge in [0, 0.05) is 12.1 Å². The van der Waals surface area contributed by atoms with Crippen LogP contribution in [-0.2, 0) is 0 Å². The summed E-state index contributed by atoms with van der Waals surface area (Å²) in [6.07, 6.45) is 20.9. The van der Waals surface area contributed by atoms with Gasteiger partial charge in [-0.25, -0.2) is 0 Å². The number of fused-ring (bicyclic) bond motifs is 3. The van der Waals surface area contributed by atoms with E-state index < -0.39 is 0 Å². The van der Waals surface area contributed by atoms with Crippen molar-refractivity contribution < 1.29 is 0 Å². The minimum absolute atomic E-state index is 0.929. The highest BCUT2D eigenvalue weighted by molar-refractivity contribution is 4.98. The van der Waals surface area contributed by atoms with Gasteiger partial charge in [-0.05, 0) is 44.1 Å². The van der Waals surface area contributed by atoms with Crippen LogP contribution in [0.3, 0.4) is 0 Å². The Morgan fingerprint density at radius 3 is 1.81 bits per heavy atom. The first-order chi connectivity index (χ1) is 10.4. The molecule has 0 aromatic heterocycles. The van der Waals surface area contributed by atoms with E-state index in [1.54, 1.807) is 0 Å². The number of hydrogen-bond donors (Lipinski definition) is 0. The van der Waals surface area contributed by atoms with Crippen LogP contribution < -0.4 is 0 Å². The molecule has 2 aliphatic heterocycles. The molecule has 3 rings (SSSR count). The standard InChI is InChI=1S/C20H37N/c1-17-18-13-9-5-2-3-6-11-15-20(18)21-16-12-8-4-7-10-14-19(17)21/h17-20H,2-16H2,1H3. The van der Waals surface area contributed by atoms with E-state index in [2.05, 4.69) is 11.8 Å². The number of nitrogens with zero attached hydrogens (tertiary/aromatic N) is 1. The molecule has 0 N–H and O–H groups in total. The fourth-order valence-corrected chi connectivity index (χ4v) is 5.64. The lowest BCUT2D eigenvalue weighted by Crippen LogP contribution is -2.38. The first-order valence-corrected chi connectivity index (χ1v) is 10.1. The third kappa shape index (κ3) is 3.84. The van der Waals surface area contributed by atoms with Gasteiger partial charge in [0.15, 0.2) is 0 Å². The van der Waals surface area contributed by atoms with Gasteiger partial charge in [0.1, 0.15) is 0 Å². The van der Waals surface area contributed by atoms with Gasteiger partial charge in [-0.2, -0.15) is 0 Å². The molecule has 0 aromatic rings. The van der Waals surface area contributed by atoms with Crippen molar-refractivity contribution in [2.24, 2.45) is 11.8 Å². The SMILES string of the molecule is CC1C2CCCCCCCCC2N2CCCCCCCC12. The molecule has 3 aliphatic rings. The summed E-state index contributed by atoms with van der Waals surface area (Å²) in [5.74, 6) is 1.99. The summed E-state index contributed by atoms with van der Waals surface area (Å²) in [5, 5.41) is 0. The lowest BCUT2D eigenvalue weighted by Gasteiger charge is -2.32. The van der Waals surface area contributed by atoms with Crippen LogP contribution in [-0.4, -0.2) is 23.5 Å². The van der Waals surface area contributed by atoms with Gasteiger partial charge in [-0.15, -0.1) is 0 Å². The summed E-state index contributed by atoms with van der Waals surface area (Å²) in [6, 6.07) is 1.88. The Labute approximate surface area is 132 Å². The Kier molecular flexibility index (Phi) is 6.03. The molecule has 1 heteroatoms. The van der Waals surface area contributed by atoms with E-state index in [4.69, 9.17) is 0 Å². The van der Waals surface area contributed by atoms with Gasteiger partial charge in [0.05, 0.1) is 0 Å². The molecule has 122 valence electrons. The normalized spacial score (nSPS) is 40.4. The summed E-state index contributed by atoms with van der Waals surface area (Å²) in [6.45, 7) is 4.02. The third-order valence-corrected chi connectivity index (χ3v) is 6.83. The zero-order valence-electron chi connectivity index (χ0n) is 14.4. The second kappa shape index (κ2) is 7.99. The van der Waals surface area contributed by atoms with Gasteiger partial charge < -0.3 is 0 Å². The van der Waals surface area contributed by atoms with Crippen molar-refractivity contribution in [3.8, 4) is 0 Å². The van der Waals surface area contributed by atoms with E-state index in [9.17, 15) is 0 Å². The number of hydrogen-bond acceptors (Lipinski definition) is 1. The van der Waals surface area contributed by atoms with Crippen LogP contribution in [0.15, 0.2) is 0 Å². The lowest BCUT2D eigenvalue weighted by molar-refractivity contribution is 0.154. The summed E-state index contributed by atoms with van der Waals surface area (Å²) in [5.41, 5.74) is 0. The molecule has 2 saturated heterocycles. The minimum Gasteiger partial charge on any atom is -0.297 e. The molecule has 1 saturated carbocycles. The monoisotopic (exact) mass is 291 g/mol. The number of rotatable bonds is 0. The van der Waals surface area contributed by atoms with Gasteiger partial charge >= 0.3 is 0 Å². The van der Waals surface area contributed by atoms with Crippen molar-refractivity contribution in [2.75, 3.05) is 6.54 Å². The Balaban J connectivity index is 1.73. The lowest BCUT2D eigenvalue weighted by atomic mass is 9.81. The van der Waals surface area contributed by atoms with Gasteiger partial charge in [0.2, 0.25) is 0 Å². The zero-order valence-corrected chi connectivity index (χ0v) is 14.4. The first-order valence-electron chi connectivity index (χ1n) is 10.1. The van der Waals surface area contributed by atoms with E-state index in [0.717, 1.165) is 23.9 Å². The van der Waals surface area contributed by atoms with Crippen molar-refractivity contribution in [2.45, 2.75) is 109 Å². The molecule has 1 aliphatic carbocycles. The highest BCUT2D eigenvalue weighted by Crippen LogP contribution is 2.43. The molecule has 3 fully saturated rings. The molecule has 4 atom stereocenters. The molecular formula is C20H37N. The fourth-order valence-electron chi connectivity index (χ4n) is 5.64. The Hall–Kier alpha value is -0.0400. The molecule has 2 heterocycles. The summed E-state index contributed by atoms with van der Waals surface area (Å²) < 4.78 is 0. The van der Waals surface area contributed by atoms with Crippen molar-refractivity contribution in [1.82, 2.24) is 4.90 Å². The van der Waals surface area contributed by atoms with Crippen molar-refractivity contribution in [3.05, 3.63) is 0 Å². The van der Waals surface area contributed by atoms with E-state index >= 15 is 0 Å². The van der Waals surface area contributed by atoms with Gasteiger partial charge in [-0.3, -0.25) is 4.90 Å². The molecule has 0 spiro atoms. The molecule has 21 heavy (non-hydrogen) atoms. The van der Waals surface area contributed by atoms with E-state index in [-0.39, 0.29) is 0 Å². The van der Waals surface area contributed by atoms with Crippen molar-refractivity contribution in [3.63, 3.8) is 0 Å². The van der Waals surface area contributed by atoms with Crippen LogP contribution in [0.4, 0.5) is 0 Å². The van der Waals surface area contributed by atoms with Crippen LogP contribution >= 0.6 is 0 Å². The second-order valence-corrected chi connectivity index (χ2v) is 8.15. The van der Waals surface area contributed by atoms with Crippen LogP contribution in [0.5, 0.6) is 0 Å². The predicted octanol–water partition coefficient (Wildman–Crippen LogP) is 5.78. The largest absolute Gasteiger partial charge is 0.297 e. The highest BCUT2D eigenvalue weighted by atomic mass is 15.2. The molecule has 1 nitrogen and oxygen atoms in total. The van der Waals surface area contributed by atoms with Crippen molar-refractivity contribution >= 4 is 0 Å². The summed E-state index contributed by atoms with van der Waals surface area (Å²) in [7, 11) is 0. The quantitative estimate of drug-likeness (QED) is 0.547. The predicted molar refractivity (Wildman–Crippen MR) is 91.6 cm³/mol. The topological polar surface area (TPSA) is 3.24 Å². The molecule has 0 amide bonds. The zero-order chi connectivity index (χ0) is 14.5. The Bertz CT molecular complexity index is 300. The Morgan fingerprint density at radius 1 is 0.571 bits per heavy atom. The van der Waals surface area contributed by atoms with E-state index in [1.165, 1.54) is 96.4 Å². The molecule has 4 unspecified atom stereocenters. The van der Waals surface area contributed by atoms with Crippen LogP contribution in [0.1, 0.15) is 96.8 Å². The summed E-state index contributed by atoms with van der Waals surface area (Å²) >= 11 is 0. The second-order valence-electron chi connectivity index (χ2n) is 8.15. The fraction of sp³-hybridized carbons (Fsp3) is 1.00. The van der Waals surface area contributed by atoms with Crippen LogP contribution in [0.25, 0.3) is 0 Å². The first kappa shape index (κ1) is 15.8. The summed E-state index contributed by atoms with van der Waals surface area (Å²) in [4.78, 5) is 3.02. The maximum Gasteiger partial charge on any atom is 0.0130 e. The van der Waals surface area contributed by atoms with Gasteiger partial charge in [-0.1, -0.05) is 71.1 Å². The maximum atomic E-state index is 3.02. The molecular weight excluding hydrogens is 254 g/mol.